The van der Waals surface area contributed by atoms with Crippen LogP contribution in [-0.2, 0) is 6.54 Å². The van der Waals surface area contributed by atoms with Crippen LogP contribution in [0.5, 0.6) is 0 Å². The molecular formula is C14H15ClN2O. The standard InChI is InChI=1S/C14H15ClN2O/c15-14-10-12(6-7-16-14)11-17(8-9-18)13-4-2-1-3-5-13/h1-7,10,18H,8-9,11H2. The third-order valence-electron chi connectivity index (χ3n) is 2.66. The van der Waals surface area contributed by atoms with Gasteiger partial charge in [0.15, 0.2) is 0 Å². The number of pyridine rings is 1. The van der Waals surface area contributed by atoms with E-state index in [1.165, 1.54) is 0 Å². The second kappa shape index (κ2) is 6.38. The van der Waals surface area contributed by atoms with Crippen LogP contribution in [0.25, 0.3) is 0 Å². The minimum absolute atomic E-state index is 0.119. The van der Waals surface area contributed by atoms with Crippen molar-refractivity contribution >= 4 is 17.3 Å². The molecule has 0 aliphatic heterocycles. The average Bonchev–Trinajstić information content (AvgIpc) is 2.39. The molecule has 0 atom stereocenters. The second-order valence-electron chi connectivity index (χ2n) is 3.97. The van der Waals surface area contributed by atoms with Crippen LogP contribution in [-0.4, -0.2) is 23.2 Å². The summed E-state index contributed by atoms with van der Waals surface area (Å²) in [7, 11) is 0. The van der Waals surface area contributed by atoms with Gasteiger partial charge in [-0.1, -0.05) is 29.8 Å². The van der Waals surface area contributed by atoms with E-state index in [4.69, 9.17) is 16.7 Å². The van der Waals surface area contributed by atoms with Crippen molar-refractivity contribution in [3.63, 3.8) is 0 Å². The van der Waals surface area contributed by atoms with E-state index in [9.17, 15) is 0 Å². The molecule has 0 aliphatic rings. The number of aliphatic hydroxyl groups excluding tert-OH is 1. The Morgan fingerprint density at radius 1 is 1.17 bits per heavy atom. The molecule has 2 aromatic rings. The first-order chi connectivity index (χ1) is 8.79. The molecule has 0 fully saturated rings. The van der Waals surface area contributed by atoms with Gasteiger partial charge < -0.3 is 10.0 Å². The van der Waals surface area contributed by atoms with E-state index >= 15 is 0 Å². The lowest BCUT2D eigenvalue weighted by atomic mass is 10.2. The second-order valence-corrected chi connectivity index (χ2v) is 4.35. The van der Waals surface area contributed by atoms with Gasteiger partial charge in [0.25, 0.3) is 0 Å². The van der Waals surface area contributed by atoms with Crippen LogP contribution in [0, 0.1) is 0 Å². The van der Waals surface area contributed by atoms with Crippen LogP contribution < -0.4 is 4.90 Å². The lowest BCUT2D eigenvalue weighted by Crippen LogP contribution is -2.26. The van der Waals surface area contributed by atoms with Crippen molar-refractivity contribution in [3.05, 3.63) is 59.4 Å². The summed E-state index contributed by atoms with van der Waals surface area (Å²) in [6, 6.07) is 13.8. The van der Waals surface area contributed by atoms with Gasteiger partial charge in [-0.05, 0) is 29.8 Å². The Morgan fingerprint density at radius 3 is 2.61 bits per heavy atom. The Kier molecular flexibility index (Phi) is 4.56. The van der Waals surface area contributed by atoms with Crippen LogP contribution in [0.15, 0.2) is 48.7 Å². The highest BCUT2D eigenvalue weighted by Crippen LogP contribution is 2.17. The van der Waals surface area contributed by atoms with Crippen LogP contribution in [0.4, 0.5) is 5.69 Å². The summed E-state index contributed by atoms with van der Waals surface area (Å²) in [6.07, 6.45) is 1.69. The Labute approximate surface area is 112 Å². The third kappa shape index (κ3) is 3.45. The molecule has 2 rings (SSSR count). The highest BCUT2D eigenvalue weighted by atomic mass is 35.5. The van der Waals surface area contributed by atoms with Gasteiger partial charge in [-0.2, -0.15) is 0 Å². The minimum Gasteiger partial charge on any atom is -0.395 e. The number of aliphatic hydroxyl groups is 1. The van der Waals surface area contributed by atoms with Crippen molar-refractivity contribution in [3.8, 4) is 0 Å². The minimum atomic E-state index is 0.119. The summed E-state index contributed by atoms with van der Waals surface area (Å²) in [4.78, 5) is 6.07. The number of anilines is 1. The Bertz CT molecular complexity index is 490. The first kappa shape index (κ1) is 12.9. The summed E-state index contributed by atoms with van der Waals surface area (Å²) in [5, 5.41) is 9.64. The van der Waals surface area contributed by atoms with Crippen LogP contribution in [0.2, 0.25) is 5.15 Å². The Balaban J connectivity index is 2.16. The molecule has 0 bridgehead atoms. The van der Waals surface area contributed by atoms with E-state index in [1.54, 1.807) is 6.20 Å². The maximum atomic E-state index is 9.15. The van der Waals surface area contributed by atoms with Gasteiger partial charge >= 0.3 is 0 Å². The van der Waals surface area contributed by atoms with Crippen molar-refractivity contribution in [2.75, 3.05) is 18.1 Å². The summed E-state index contributed by atoms with van der Waals surface area (Å²) < 4.78 is 0. The van der Waals surface area contributed by atoms with Crippen molar-refractivity contribution in [2.45, 2.75) is 6.54 Å². The van der Waals surface area contributed by atoms with Crippen molar-refractivity contribution in [1.29, 1.82) is 0 Å². The summed E-state index contributed by atoms with van der Waals surface area (Å²) in [6.45, 7) is 1.41. The predicted molar refractivity (Wildman–Crippen MR) is 73.8 cm³/mol. The highest BCUT2D eigenvalue weighted by Gasteiger charge is 2.06. The fourth-order valence-electron chi connectivity index (χ4n) is 1.82. The fourth-order valence-corrected chi connectivity index (χ4v) is 2.02. The fraction of sp³-hybridized carbons (Fsp3) is 0.214. The largest absolute Gasteiger partial charge is 0.395 e. The van der Waals surface area contributed by atoms with Crippen molar-refractivity contribution in [1.82, 2.24) is 4.98 Å². The normalized spacial score (nSPS) is 10.3. The quantitative estimate of drug-likeness (QED) is 0.842. The van der Waals surface area contributed by atoms with E-state index in [0.717, 1.165) is 11.3 Å². The smallest absolute Gasteiger partial charge is 0.129 e. The van der Waals surface area contributed by atoms with Crippen molar-refractivity contribution < 1.29 is 5.11 Å². The zero-order chi connectivity index (χ0) is 12.8. The molecule has 0 saturated carbocycles. The monoisotopic (exact) mass is 262 g/mol. The van der Waals surface area contributed by atoms with Crippen LogP contribution >= 0.6 is 11.6 Å². The lowest BCUT2D eigenvalue weighted by Gasteiger charge is -2.24. The van der Waals surface area contributed by atoms with Crippen LogP contribution in [0.1, 0.15) is 5.56 Å². The molecule has 1 aromatic heterocycles. The number of hydrogen-bond acceptors (Lipinski definition) is 3. The van der Waals surface area contributed by atoms with E-state index < -0.39 is 0 Å². The molecule has 0 radical (unpaired) electrons. The molecule has 18 heavy (non-hydrogen) atoms. The van der Waals surface area contributed by atoms with Gasteiger partial charge in [0.2, 0.25) is 0 Å². The zero-order valence-electron chi connectivity index (χ0n) is 9.96. The number of para-hydroxylation sites is 1. The van der Waals surface area contributed by atoms with E-state index in [-0.39, 0.29) is 6.61 Å². The summed E-state index contributed by atoms with van der Waals surface area (Å²) in [5.74, 6) is 0. The lowest BCUT2D eigenvalue weighted by molar-refractivity contribution is 0.301. The molecular weight excluding hydrogens is 248 g/mol. The predicted octanol–water partition coefficient (Wildman–Crippen LogP) is 2.73. The molecule has 0 saturated heterocycles. The number of rotatable bonds is 5. The van der Waals surface area contributed by atoms with Gasteiger partial charge in [-0.25, -0.2) is 4.98 Å². The zero-order valence-corrected chi connectivity index (χ0v) is 10.7. The average molecular weight is 263 g/mol. The first-order valence-corrected chi connectivity index (χ1v) is 6.18. The van der Waals surface area contributed by atoms with Gasteiger partial charge in [0, 0.05) is 25.0 Å². The first-order valence-electron chi connectivity index (χ1n) is 5.81. The molecule has 0 spiro atoms. The van der Waals surface area contributed by atoms with Gasteiger partial charge in [0.1, 0.15) is 5.15 Å². The third-order valence-corrected chi connectivity index (χ3v) is 2.86. The summed E-state index contributed by atoms with van der Waals surface area (Å²) >= 11 is 5.87. The molecule has 0 aliphatic carbocycles. The van der Waals surface area contributed by atoms with Gasteiger partial charge in [-0.15, -0.1) is 0 Å². The highest BCUT2D eigenvalue weighted by molar-refractivity contribution is 6.29. The van der Waals surface area contributed by atoms with E-state index in [2.05, 4.69) is 9.88 Å². The molecule has 4 heteroatoms. The molecule has 94 valence electrons. The van der Waals surface area contributed by atoms with E-state index in [1.807, 2.05) is 42.5 Å². The number of benzene rings is 1. The Hall–Kier alpha value is -1.58. The SMILES string of the molecule is OCCN(Cc1ccnc(Cl)c1)c1ccccc1. The van der Waals surface area contributed by atoms with E-state index in [0.29, 0.717) is 18.2 Å². The van der Waals surface area contributed by atoms with Crippen molar-refractivity contribution in [2.24, 2.45) is 0 Å². The molecule has 1 aromatic carbocycles. The maximum Gasteiger partial charge on any atom is 0.129 e. The maximum absolute atomic E-state index is 9.15. The number of nitrogens with zero attached hydrogens (tertiary/aromatic N) is 2. The van der Waals surface area contributed by atoms with Crippen LogP contribution in [0.3, 0.4) is 0 Å². The number of halogens is 1. The molecule has 0 unspecified atom stereocenters. The topological polar surface area (TPSA) is 36.4 Å². The molecule has 0 amide bonds. The molecule has 1 N–H and O–H groups in total. The number of aromatic nitrogens is 1. The summed E-state index contributed by atoms with van der Waals surface area (Å²) in [5.41, 5.74) is 2.16. The molecule has 3 nitrogen and oxygen atoms in total. The van der Waals surface area contributed by atoms with Gasteiger partial charge in [0.05, 0.1) is 6.61 Å². The molecule has 1 heterocycles. The van der Waals surface area contributed by atoms with Gasteiger partial charge in [-0.3, -0.25) is 0 Å². The number of hydrogen-bond donors (Lipinski definition) is 1. The Morgan fingerprint density at radius 2 is 1.94 bits per heavy atom.